The van der Waals surface area contributed by atoms with Gasteiger partial charge in [0.1, 0.15) is 0 Å². The minimum absolute atomic E-state index is 0.892. The number of hydrogen-bond donors (Lipinski definition) is 0. The Bertz CT molecular complexity index is 375. The van der Waals surface area contributed by atoms with Gasteiger partial charge in [-0.05, 0) is 55.4 Å². The van der Waals surface area contributed by atoms with Crippen molar-refractivity contribution in [3.8, 4) is 0 Å². The van der Waals surface area contributed by atoms with Gasteiger partial charge in [0.05, 0.1) is 0 Å². The Kier molecular flexibility index (Phi) is 4.49. The molecule has 1 atom stereocenters. The Labute approximate surface area is 113 Å². The van der Waals surface area contributed by atoms with Crippen molar-refractivity contribution in [3.05, 3.63) is 29.3 Å². The standard InChI is InChI=1S/C15H22BrN/c1-12-4-3-8-17(9-7-12)15-6-5-14(11-16)13(2)10-15/h5-6,10,12H,3-4,7-9,11H2,1-2H3. The van der Waals surface area contributed by atoms with Crippen LogP contribution in [0.1, 0.15) is 37.3 Å². The molecule has 17 heavy (non-hydrogen) atoms. The number of hydrogen-bond acceptors (Lipinski definition) is 1. The van der Waals surface area contributed by atoms with Gasteiger partial charge in [0.15, 0.2) is 0 Å². The third-order valence-electron chi connectivity index (χ3n) is 3.85. The molecule has 1 unspecified atom stereocenters. The van der Waals surface area contributed by atoms with Crippen LogP contribution in [0.4, 0.5) is 5.69 Å². The SMILES string of the molecule is Cc1cc(N2CCCC(C)CC2)ccc1CBr. The van der Waals surface area contributed by atoms with E-state index >= 15 is 0 Å². The van der Waals surface area contributed by atoms with Gasteiger partial charge >= 0.3 is 0 Å². The summed E-state index contributed by atoms with van der Waals surface area (Å²) in [5.74, 6) is 0.892. The molecule has 0 aliphatic carbocycles. The summed E-state index contributed by atoms with van der Waals surface area (Å²) < 4.78 is 0. The summed E-state index contributed by atoms with van der Waals surface area (Å²) in [5.41, 5.74) is 4.20. The molecule has 1 aromatic carbocycles. The first-order chi connectivity index (χ1) is 8.20. The molecule has 0 bridgehead atoms. The average molecular weight is 296 g/mol. The van der Waals surface area contributed by atoms with Crippen LogP contribution in [0.5, 0.6) is 0 Å². The summed E-state index contributed by atoms with van der Waals surface area (Å²) in [6.07, 6.45) is 4.05. The Morgan fingerprint density at radius 2 is 2.12 bits per heavy atom. The van der Waals surface area contributed by atoms with Gasteiger partial charge in [0, 0.05) is 24.1 Å². The second-order valence-electron chi connectivity index (χ2n) is 5.27. The average Bonchev–Trinajstić information content (AvgIpc) is 2.54. The van der Waals surface area contributed by atoms with Crippen LogP contribution in [0.25, 0.3) is 0 Å². The quantitative estimate of drug-likeness (QED) is 0.725. The van der Waals surface area contributed by atoms with Crippen molar-refractivity contribution in [3.63, 3.8) is 0 Å². The molecule has 0 amide bonds. The molecular weight excluding hydrogens is 274 g/mol. The Morgan fingerprint density at radius 3 is 2.82 bits per heavy atom. The summed E-state index contributed by atoms with van der Waals surface area (Å²) in [7, 11) is 0. The highest BCUT2D eigenvalue weighted by Crippen LogP contribution is 2.25. The maximum Gasteiger partial charge on any atom is 0.0369 e. The fourth-order valence-corrected chi connectivity index (χ4v) is 3.18. The topological polar surface area (TPSA) is 3.24 Å². The predicted octanol–water partition coefficient (Wildman–Crippen LogP) is 4.52. The van der Waals surface area contributed by atoms with Crippen molar-refractivity contribution in [2.75, 3.05) is 18.0 Å². The molecule has 1 aromatic rings. The van der Waals surface area contributed by atoms with Gasteiger partial charge in [-0.3, -0.25) is 0 Å². The zero-order valence-electron chi connectivity index (χ0n) is 10.9. The second kappa shape index (κ2) is 5.90. The molecule has 2 heteroatoms. The first kappa shape index (κ1) is 12.9. The molecule has 0 N–H and O–H groups in total. The number of rotatable bonds is 2. The van der Waals surface area contributed by atoms with Gasteiger partial charge in [0.2, 0.25) is 0 Å². The minimum atomic E-state index is 0.892. The molecule has 0 aromatic heterocycles. The lowest BCUT2D eigenvalue weighted by Gasteiger charge is -2.23. The van der Waals surface area contributed by atoms with E-state index in [1.54, 1.807) is 0 Å². The van der Waals surface area contributed by atoms with Crippen LogP contribution in [-0.2, 0) is 5.33 Å². The molecule has 1 heterocycles. The van der Waals surface area contributed by atoms with E-state index in [-0.39, 0.29) is 0 Å². The van der Waals surface area contributed by atoms with Crippen LogP contribution < -0.4 is 4.90 Å². The molecule has 2 rings (SSSR count). The van der Waals surface area contributed by atoms with Gasteiger partial charge < -0.3 is 4.90 Å². The number of benzene rings is 1. The fourth-order valence-electron chi connectivity index (χ4n) is 2.55. The van der Waals surface area contributed by atoms with Crippen LogP contribution in [0.3, 0.4) is 0 Å². The third kappa shape index (κ3) is 3.25. The summed E-state index contributed by atoms with van der Waals surface area (Å²) >= 11 is 3.54. The van der Waals surface area contributed by atoms with Crippen molar-refractivity contribution in [2.45, 2.75) is 38.4 Å². The smallest absolute Gasteiger partial charge is 0.0369 e. The summed E-state index contributed by atoms with van der Waals surface area (Å²) in [5, 5.41) is 0.955. The molecule has 1 nitrogen and oxygen atoms in total. The van der Waals surface area contributed by atoms with E-state index in [0.717, 1.165) is 11.2 Å². The van der Waals surface area contributed by atoms with Crippen LogP contribution in [-0.4, -0.2) is 13.1 Å². The van der Waals surface area contributed by atoms with Crippen LogP contribution in [0.15, 0.2) is 18.2 Å². The zero-order chi connectivity index (χ0) is 12.3. The normalized spacial score (nSPS) is 21.4. The Morgan fingerprint density at radius 1 is 1.29 bits per heavy atom. The molecule has 94 valence electrons. The molecule has 0 radical (unpaired) electrons. The van der Waals surface area contributed by atoms with E-state index in [0.29, 0.717) is 0 Å². The minimum Gasteiger partial charge on any atom is -0.372 e. The lowest BCUT2D eigenvalue weighted by atomic mass is 10.0. The summed E-state index contributed by atoms with van der Waals surface area (Å²) in [6.45, 7) is 7.02. The van der Waals surface area contributed by atoms with Gasteiger partial charge in [-0.1, -0.05) is 28.9 Å². The van der Waals surface area contributed by atoms with Crippen LogP contribution >= 0.6 is 15.9 Å². The van der Waals surface area contributed by atoms with Gasteiger partial charge in [0.25, 0.3) is 0 Å². The molecule has 1 fully saturated rings. The molecule has 1 aliphatic rings. The molecule has 0 spiro atoms. The third-order valence-corrected chi connectivity index (χ3v) is 4.46. The maximum absolute atomic E-state index is 3.54. The van der Waals surface area contributed by atoms with Gasteiger partial charge in [-0.15, -0.1) is 0 Å². The number of alkyl halides is 1. The highest BCUT2D eigenvalue weighted by atomic mass is 79.9. The number of anilines is 1. The lowest BCUT2D eigenvalue weighted by molar-refractivity contribution is 0.521. The fraction of sp³-hybridized carbons (Fsp3) is 0.600. The van der Waals surface area contributed by atoms with Crippen LogP contribution in [0.2, 0.25) is 0 Å². The second-order valence-corrected chi connectivity index (χ2v) is 5.83. The first-order valence-electron chi connectivity index (χ1n) is 6.61. The monoisotopic (exact) mass is 295 g/mol. The molecule has 1 aliphatic heterocycles. The Balaban J connectivity index is 2.13. The Hall–Kier alpha value is -0.500. The number of nitrogens with zero attached hydrogens (tertiary/aromatic N) is 1. The van der Waals surface area contributed by atoms with Gasteiger partial charge in [-0.25, -0.2) is 0 Å². The number of halogens is 1. The highest BCUT2D eigenvalue weighted by Gasteiger charge is 2.14. The van der Waals surface area contributed by atoms with Crippen LogP contribution in [0, 0.1) is 12.8 Å². The van der Waals surface area contributed by atoms with Crippen molar-refractivity contribution in [1.29, 1.82) is 0 Å². The molecule has 0 saturated carbocycles. The highest BCUT2D eigenvalue weighted by molar-refractivity contribution is 9.08. The lowest BCUT2D eigenvalue weighted by Crippen LogP contribution is -2.24. The maximum atomic E-state index is 3.54. The zero-order valence-corrected chi connectivity index (χ0v) is 12.5. The molecule has 1 saturated heterocycles. The van der Waals surface area contributed by atoms with Crippen molar-refractivity contribution >= 4 is 21.6 Å². The summed E-state index contributed by atoms with van der Waals surface area (Å²) in [4.78, 5) is 2.55. The van der Waals surface area contributed by atoms with E-state index in [2.05, 4.69) is 52.9 Å². The van der Waals surface area contributed by atoms with Gasteiger partial charge in [-0.2, -0.15) is 0 Å². The van der Waals surface area contributed by atoms with E-state index in [1.807, 2.05) is 0 Å². The van der Waals surface area contributed by atoms with E-state index < -0.39 is 0 Å². The van der Waals surface area contributed by atoms with E-state index in [9.17, 15) is 0 Å². The number of aryl methyl sites for hydroxylation is 1. The molecular formula is C15H22BrN. The van der Waals surface area contributed by atoms with Crippen molar-refractivity contribution in [2.24, 2.45) is 5.92 Å². The largest absolute Gasteiger partial charge is 0.372 e. The van der Waals surface area contributed by atoms with E-state index in [1.165, 1.54) is 49.2 Å². The van der Waals surface area contributed by atoms with E-state index in [4.69, 9.17) is 0 Å². The summed E-state index contributed by atoms with van der Waals surface area (Å²) in [6, 6.07) is 6.87. The van der Waals surface area contributed by atoms with Crippen molar-refractivity contribution < 1.29 is 0 Å². The van der Waals surface area contributed by atoms with Crippen molar-refractivity contribution in [1.82, 2.24) is 0 Å². The predicted molar refractivity (Wildman–Crippen MR) is 79.0 cm³/mol. The first-order valence-corrected chi connectivity index (χ1v) is 7.73.